The van der Waals surface area contributed by atoms with E-state index in [0.717, 1.165) is 27.5 Å². The predicted octanol–water partition coefficient (Wildman–Crippen LogP) is 6.16. The zero-order valence-electron chi connectivity index (χ0n) is 21.4. The van der Waals surface area contributed by atoms with E-state index in [1.54, 1.807) is 30.3 Å². The number of hydrogen-bond donors (Lipinski definition) is 2. The van der Waals surface area contributed by atoms with Crippen molar-refractivity contribution in [3.63, 3.8) is 0 Å². The first-order chi connectivity index (χ1) is 18.3. The summed E-state index contributed by atoms with van der Waals surface area (Å²) < 4.78 is 0. The zero-order chi connectivity index (χ0) is 26.8. The molecule has 0 spiro atoms. The maximum atomic E-state index is 12.6. The SMILES string of the molecule is CN(C)CCC(=O)N(C)c1ccc(N=C(c2ccc3ncccc3c2)c2c(O)[nH]c3cc(Cl)ccc23)cc1. The van der Waals surface area contributed by atoms with Gasteiger partial charge in [-0.25, -0.2) is 4.99 Å². The molecule has 0 bridgehead atoms. The van der Waals surface area contributed by atoms with Crippen molar-refractivity contribution in [1.29, 1.82) is 0 Å². The van der Waals surface area contributed by atoms with E-state index in [2.05, 4.69) is 9.97 Å². The predicted molar refractivity (Wildman–Crippen MR) is 155 cm³/mol. The number of aromatic hydroxyl groups is 1. The second kappa shape index (κ2) is 10.7. The lowest BCUT2D eigenvalue weighted by molar-refractivity contribution is -0.118. The van der Waals surface area contributed by atoms with Crippen LogP contribution in [0.1, 0.15) is 17.5 Å². The summed E-state index contributed by atoms with van der Waals surface area (Å²) in [5.74, 6) is 0.0536. The molecule has 5 aromatic rings. The summed E-state index contributed by atoms with van der Waals surface area (Å²) in [6, 6.07) is 22.7. The Hall–Kier alpha value is -4.20. The van der Waals surface area contributed by atoms with Gasteiger partial charge in [0.05, 0.1) is 28.0 Å². The van der Waals surface area contributed by atoms with Crippen LogP contribution < -0.4 is 4.90 Å². The molecular weight excluding hydrogens is 498 g/mol. The molecule has 2 heterocycles. The van der Waals surface area contributed by atoms with Crippen LogP contribution in [0.15, 0.2) is 84.0 Å². The van der Waals surface area contributed by atoms with Crippen molar-refractivity contribution in [3.8, 4) is 5.88 Å². The van der Waals surface area contributed by atoms with Gasteiger partial charge in [-0.15, -0.1) is 0 Å². The second-order valence-electron chi connectivity index (χ2n) is 9.43. The summed E-state index contributed by atoms with van der Waals surface area (Å²) >= 11 is 6.20. The van der Waals surface area contributed by atoms with E-state index >= 15 is 0 Å². The van der Waals surface area contributed by atoms with Crippen LogP contribution in [-0.2, 0) is 4.79 Å². The van der Waals surface area contributed by atoms with Crippen molar-refractivity contribution in [2.45, 2.75) is 6.42 Å². The molecular formula is C30H28ClN5O2. The minimum Gasteiger partial charge on any atom is -0.494 e. The normalized spacial score (nSPS) is 12.0. The molecule has 0 radical (unpaired) electrons. The van der Waals surface area contributed by atoms with Gasteiger partial charge in [-0.05, 0) is 68.7 Å². The fraction of sp³-hybridized carbons (Fsp3) is 0.167. The minimum absolute atomic E-state index is 0.00939. The number of nitrogens with one attached hydrogen (secondary N) is 1. The molecule has 0 aliphatic heterocycles. The van der Waals surface area contributed by atoms with Crippen molar-refractivity contribution < 1.29 is 9.90 Å². The Balaban J connectivity index is 1.58. The summed E-state index contributed by atoms with van der Waals surface area (Å²) in [5, 5.41) is 13.3. The molecule has 2 aromatic heterocycles. The highest BCUT2D eigenvalue weighted by Crippen LogP contribution is 2.33. The van der Waals surface area contributed by atoms with Gasteiger partial charge in [-0.2, -0.15) is 0 Å². The number of nitrogens with zero attached hydrogens (tertiary/aromatic N) is 4. The van der Waals surface area contributed by atoms with Crippen LogP contribution in [0.3, 0.4) is 0 Å². The molecule has 2 N–H and O–H groups in total. The largest absolute Gasteiger partial charge is 0.494 e. The molecule has 7 nitrogen and oxygen atoms in total. The van der Waals surface area contributed by atoms with Crippen molar-refractivity contribution in [3.05, 3.63) is 95.1 Å². The third kappa shape index (κ3) is 5.25. The second-order valence-corrected chi connectivity index (χ2v) is 9.87. The number of benzene rings is 3. The van der Waals surface area contributed by atoms with Gasteiger partial charge < -0.3 is 19.9 Å². The highest BCUT2D eigenvalue weighted by atomic mass is 35.5. The van der Waals surface area contributed by atoms with Crippen LogP contribution in [-0.4, -0.2) is 59.3 Å². The van der Waals surface area contributed by atoms with Crippen LogP contribution >= 0.6 is 11.6 Å². The number of aliphatic imine (C=N–C) groups is 1. The Morgan fingerprint density at radius 1 is 1.03 bits per heavy atom. The van der Waals surface area contributed by atoms with Crippen molar-refractivity contribution in [2.24, 2.45) is 4.99 Å². The topological polar surface area (TPSA) is 84.8 Å². The lowest BCUT2D eigenvalue weighted by Crippen LogP contribution is -2.29. The van der Waals surface area contributed by atoms with Crippen LogP contribution in [0.2, 0.25) is 5.02 Å². The smallest absolute Gasteiger partial charge is 0.228 e. The maximum Gasteiger partial charge on any atom is 0.228 e. The van der Waals surface area contributed by atoms with Gasteiger partial charge in [-0.1, -0.05) is 29.8 Å². The molecule has 8 heteroatoms. The number of fused-ring (bicyclic) bond motifs is 2. The van der Waals surface area contributed by atoms with E-state index in [9.17, 15) is 9.90 Å². The van der Waals surface area contributed by atoms with Crippen molar-refractivity contribution in [1.82, 2.24) is 14.9 Å². The van der Waals surface area contributed by atoms with E-state index in [1.807, 2.05) is 79.7 Å². The minimum atomic E-state index is 0.00939. The highest BCUT2D eigenvalue weighted by molar-refractivity contribution is 6.31. The number of pyridine rings is 1. The third-order valence-corrected chi connectivity index (χ3v) is 6.71. The van der Waals surface area contributed by atoms with Crippen molar-refractivity contribution in [2.75, 3.05) is 32.6 Å². The number of anilines is 1. The first-order valence-electron chi connectivity index (χ1n) is 12.3. The molecule has 0 aliphatic rings. The van der Waals surface area contributed by atoms with E-state index < -0.39 is 0 Å². The number of H-pyrrole nitrogens is 1. The average Bonchev–Trinajstić information content (AvgIpc) is 3.24. The van der Waals surface area contributed by atoms with Gasteiger partial charge in [0.25, 0.3) is 0 Å². The number of halogens is 1. The average molecular weight is 526 g/mol. The Bertz CT molecular complexity index is 1660. The quantitative estimate of drug-likeness (QED) is 0.249. The van der Waals surface area contributed by atoms with Crippen LogP contribution in [0.5, 0.6) is 5.88 Å². The Kier molecular flexibility index (Phi) is 7.13. The molecule has 0 fully saturated rings. The first-order valence-corrected chi connectivity index (χ1v) is 12.6. The molecule has 3 aromatic carbocycles. The van der Waals surface area contributed by atoms with Crippen LogP contribution in [0.4, 0.5) is 11.4 Å². The number of carbonyl (C=O) groups is 1. The summed E-state index contributed by atoms with van der Waals surface area (Å²) in [7, 11) is 5.67. The Morgan fingerprint density at radius 2 is 1.82 bits per heavy atom. The van der Waals surface area contributed by atoms with Gasteiger partial charge in [0, 0.05) is 53.3 Å². The molecule has 1 amide bonds. The standard InChI is InChI=1S/C30H28ClN5O2/c1-35(2)16-14-27(37)36(3)23-10-8-22(9-11-23)33-29(20-6-13-25-19(17-20)5-4-15-32-25)28-24-12-7-21(31)18-26(24)34-30(28)38/h4-13,15,17-18,34,38H,14,16H2,1-3H3. The fourth-order valence-electron chi connectivity index (χ4n) is 4.39. The van der Waals surface area contributed by atoms with E-state index in [0.29, 0.717) is 40.5 Å². The summed E-state index contributed by atoms with van der Waals surface area (Å²) in [6.45, 7) is 0.690. The molecule has 0 saturated heterocycles. The van der Waals surface area contributed by atoms with Gasteiger partial charge in [0.1, 0.15) is 0 Å². The molecule has 0 atom stereocenters. The van der Waals surface area contributed by atoms with E-state index in [4.69, 9.17) is 16.6 Å². The zero-order valence-corrected chi connectivity index (χ0v) is 22.2. The number of amides is 1. The lowest BCUT2D eigenvalue weighted by atomic mass is 9.99. The first kappa shape index (κ1) is 25.4. The van der Waals surface area contributed by atoms with E-state index in [1.165, 1.54) is 0 Å². The van der Waals surface area contributed by atoms with Crippen molar-refractivity contribution >= 4 is 56.4 Å². The van der Waals surface area contributed by atoms with Gasteiger partial charge in [-0.3, -0.25) is 9.78 Å². The van der Waals surface area contributed by atoms with Gasteiger partial charge in [0.15, 0.2) is 5.88 Å². The number of aromatic nitrogens is 2. The Morgan fingerprint density at radius 3 is 2.58 bits per heavy atom. The van der Waals surface area contributed by atoms with E-state index in [-0.39, 0.29) is 11.8 Å². The number of carbonyl (C=O) groups excluding carboxylic acids is 1. The lowest BCUT2D eigenvalue weighted by Gasteiger charge is -2.19. The van der Waals surface area contributed by atoms with Gasteiger partial charge in [0.2, 0.25) is 5.91 Å². The van der Waals surface area contributed by atoms with Crippen LogP contribution in [0.25, 0.3) is 21.8 Å². The molecule has 192 valence electrons. The molecule has 0 saturated carbocycles. The molecule has 38 heavy (non-hydrogen) atoms. The molecule has 0 unspecified atom stereocenters. The van der Waals surface area contributed by atoms with Gasteiger partial charge >= 0.3 is 0 Å². The summed E-state index contributed by atoms with van der Waals surface area (Å²) in [6.07, 6.45) is 2.20. The number of aromatic amines is 1. The molecule has 0 aliphatic carbocycles. The fourth-order valence-corrected chi connectivity index (χ4v) is 4.57. The number of rotatable bonds is 7. The summed E-state index contributed by atoms with van der Waals surface area (Å²) in [4.78, 5) is 28.7. The molecule has 5 rings (SSSR count). The monoisotopic (exact) mass is 525 g/mol. The summed E-state index contributed by atoms with van der Waals surface area (Å²) in [5.41, 5.74) is 5.08. The third-order valence-electron chi connectivity index (χ3n) is 6.48. The van der Waals surface area contributed by atoms with Crippen LogP contribution in [0, 0.1) is 0 Å². The highest BCUT2D eigenvalue weighted by Gasteiger charge is 2.20. The Labute approximate surface area is 226 Å². The number of hydrogen-bond acceptors (Lipinski definition) is 5. The maximum absolute atomic E-state index is 12.6.